The van der Waals surface area contributed by atoms with Crippen LogP contribution in [0.3, 0.4) is 0 Å². The van der Waals surface area contributed by atoms with Gasteiger partial charge >= 0.3 is 0 Å². The highest BCUT2D eigenvalue weighted by Gasteiger charge is 2.55. The zero-order valence-corrected chi connectivity index (χ0v) is 8.92. The van der Waals surface area contributed by atoms with Crippen molar-refractivity contribution in [1.29, 1.82) is 0 Å². The number of carbonyl (C=O) groups is 1. The second-order valence-electron chi connectivity index (χ2n) is 4.58. The average Bonchev–Trinajstić information content (AvgIpc) is 2.61. The molecule has 74 valence electrons. The number of hydrogen-bond donors (Lipinski definition) is 0. The maximum atomic E-state index is 10.6. The minimum absolute atomic E-state index is 0.227. The van der Waals surface area contributed by atoms with Crippen molar-refractivity contribution in [3.8, 4) is 0 Å². The minimum atomic E-state index is 0.227. The lowest BCUT2D eigenvalue weighted by Crippen LogP contribution is -1.89. The monoisotopic (exact) mass is 180 g/mol. The smallest absolute Gasteiger partial charge is 0.124 e. The van der Waals surface area contributed by atoms with Gasteiger partial charge in [0.15, 0.2) is 0 Å². The quantitative estimate of drug-likeness (QED) is 0.361. The highest BCUT2D eigenvalue weighted by molar-refractivity contribution is 5.62. The van der Waals surface area contributed by atoms with E-state index in [9.17, 15) is 4.79 Å². The lowest BCUT2D eigenvalue weighted by atomic mass is 10.1. The summed E-state index contributed by atoms with van der Waals surface area (Å²) >= 11 is 0. The molecule has 0 aromatic heterocycles. The molecule has 0 unspecified atom stereocenters. The van der Waals surface area contributed by atoms with E-state index in [2.05, 4.69) is 32.9 Å². The van der Waals surface area contributed by atoms with E-state index in [1.165, 1.54) is 12.8 Å². The van der Waals surface area contributed by atoms with Crippen LogP contribution in [0.2, 0.25) is 0 Å². The van der Waals surface area contributed by atoms with E-state index in [0.29, 0.717) is 5.92 Å². The first-order valence-corrected chi connectivity index (χ1v) is 5.26. The molecule has 0 heterocycles. The van der Waals surface area contributed by atoms with E-state index in [4.69, 9.17) is 0 Å². The third kappa shape index (κ3) is 2.20. The maximum absolute atomic E-state index is 10.6. The normalized spacial score (nSPS) is 30.7. The summed E-state index contributed by atoms with van der Waals surface area (Å²) < 4.78 is 0. The van der Waals surface area contributed by atoms with Crippen LogP contribution < -0.4 is 0 Å². The molecule has 0 bridgehead atoms. The maximum Gasteiger partial charge on any atom is 0.124 e. The van der Waals surface area contributed by atoms with Crippen LogP contribution in [0.15, 0.2) is 12.2 Å². The Bertz CT molecular complexity index is 203. The van der Waals surface area contributed by atoms with Crippen molar-refractivity contribution >= 4 is 6.29 Å². The molecular formula is C12H20O. The second-order valence-corrected chi connectivity index (χ2v) is 4.58. The number of rotatable bonds is 5. The van der Waals surface area contributed by atoms with E-state index in [1.807, 2.05) is 0 Å². The highest BCUT2D eigenvalue weighted by Crippen LogP contribution is 2.57. The predicted molar refractivity (Wildman–Crippen MR) is 55.5 cm³/mol. The molecule has 2 atom stereocenters. The van der Waals surface area contributed by atoms with Crippen molar-refractivity contribution in [2.24, 2.45) is 17.3 Å². The fraction of sp³-hybridized carbons (Fsp3) is 0.750. The summed E-state index contributed by atoms with van der Waals surface area (Å²) in [6.07, 6.45) is 9.24. The molecule has 0 N–H and O–H groups in total. The van der Waals surface area contributed by atoms with E-state index < -0.39 is 0 Å². The topological polar surface area (TPSA) is 17.1 Å². The van der Waals surface area contributed by atoms with Crippen molar-refractivity contribution in [1.82, 2.24) is 0 Å². The van der Waals surface area contributed by atoms with Crippen LogP contribution in [0.25, 0.3) is 0 Å². The van der Waals surface area contributed by atoms with Gasteiger partial charge in [0.05, 0.1) is 0 Å². The van der Waals surface area contributed by atoms with E-state index >= 15 is 0 Å². The van der Waals surface area contributed by atoms with Crippen molar-refractivity contribution in [3.63, 3.8) is 0 Å². The molecule has 0 aromatic carbocycles. The average molecular weight is 180 g/mol. The molecule has 1 saturated carbocycles. The summed E-state index contributed by atoms with van der Waals surface area (Å²) in [6, 6.07) is 0. The van der Waals surface area contributed by atoms with Crippen molar-refractivity contribution < 1.29 is 4.79 Å². The zero-order valence-electron chi connectivity index (χ0n) is 8.92. The summed E-state index contributed by atoms with van der Waals surface area (Å²) in [6.45, 7) is 6.53. The molecule has 0 spiro atoms. The summed E-state index contributed by atoms with van der Waals surface area (Å²) in [5.41, 5.74) is 0.227. The fourth-order valence-corrected chi connectivity index (χ4v) is 1.91. The first-order valence-electron chi connectivity index (χ1n) is 5.26. The van der Waals surface area contributed by atoms with Gasteiger partial charge in [0.2, 0.25) is 0 Å². The Balaban J connectivity index is 2.31. The highest BCUT2D eigenvalue weighted by atomic mass is 16.1. The lowest BCUT2D eigenvalue weighted by molar-refractivity contribution is -0.109. The van der Waals surface area contributed by atoms with Crippen molar-refractivity contribution in [2.75, 3.05) is 0 Å². The molecule has 0 aliphatic heterocycles. The molecule has 1 aliphatic carbocycles. The Morgan fingerprint density at radius 1 is 1.31 bits per heavy atom. The first-order chi connectivity index (χ1) is 6.14. The minimum Gasteiger partial charge on any atom is -0.303 e. The number of hydrogen-bond acceptors (Lipinski definition) is 1. The van der Waals surface area contributed by atoms with Crippen LogP contribution in [0, 0.1) is 17.3 Å². The van der Waals surface area contributed by atoms with E-state index in [1.54, 1.807) is 0 Å². The standard InChI is InChI=1S/C12H20O/c1-4-5-6-7-8-10-11(9-13)12(10,2)3/h7-11H,4-6H2,1-3H3/b8-7-/t10-,11+/m0/s1. The zero-order chi connectivity index (χ0) is 9.90. The van der Waals surface area contributed by atoms with Crippen molar-refractivity contribution in [3.05, 3.63) is 12.2 Å². The molecule has 0 amide bonds. The number of unbranched alkanes of at least 4 members (excludes halogenated alkanes) is 2. The molecule has 1 aliphatic rings. The summed E-state index contributed by atoms with van der Waals surface area (Å²) in [5, 5.41) is 0. The first kappa shape index (κ1) is 10.5. The van der Waals surface area contributed by atoms with E-state index in [0.717, 1.165) is 12.7 Å². The lowest BCUT2D eigenvalue weighted by Gasteiger charge is -1.95. The van der Waals surface area contributed by atoms with E-state index in [-0.39, 0.29) is 11.3 Å². The SMILES string of the molecule is CCCC/C=C\[C@H]1[C@@H](C=O)C1(C)C. The Labute approximate surface area is 81.2 Å². The van der Waals surface area contributed by atoms with Crippen LogP contribution in [-0.4, -0.2) is 6.29 Å². The summed E-state index contributed by atoms with van der Waals surface area (Å²) in [7, 11) is 0. The largest absolute Gasteiger partial charge is 0.303 e. The molecular weight excluding hydrogens is 160 g/mol. The van der Waals surface area contributed by atoms with Gasteiger partial charge in [0.1, 0.15) is 6.29 Å². The third-order valence-corrected chi connectivity index (χ3v) is 3.21. The molecule has 1 fully saturated rings. The van der Waals surface area contributed by atoms with Gasteiger partial charge in [-0.05, 0) is 17.8 Å². The van der Waals surface area contributed by atoms with Crippen LogP contribution in [0.4, 0.5) is 0 Å². The number of allylic oxidation sites excluding steroid dienone is 2. The summed E-state index contributed by atoms with van der Waals surface area (Å²) in [4.78, 5) is 10.6. The molecule has 1 nitrogen and oxygen atoms in total. The number of aldehydes is 1. The summed E-state index contributed by atoms with van der Waals surface area (Å²) in [5.74, 6) is 0.771. The number of carbonyl (C=O) groups excluding carboxylic acids is 1. The molecule has 0 saturated heterocycles. The van der Waals surface area contributed by atoms with Crippen molar-refractivity contribution in [2.45, 2.75) is 40.0 Å². The van der Waals surface area contributed by atoms with Gasteiger partial charge in [-0.3, -0.25) is 0 Å². The second kappa shape index (κ2) is 4.08. The Kier molecular flexibility index (Phi) is 3.29. The van der Waals surface area contributed by atoms with Crippen LogP contribution >= 0.6 is 0 Å². The van der Waals surface area contributed by atoms with Gasteiger partial charge in [-0.25, -0.2) is 0 Å². The molecule has 0 radical (unpaired) electrons. The van der Waals surface area contributed by atoms with Gasteiger partial charge in [-0.2, -0.15) is 0 Å². The predicted octanol–water partition coefficient (Wildman–Crippen LogP) is 3.20. The van der Waals surface area contributed by atoms with Gasteiger partial charge in [-0.15, -0.1) is 0 Å². The van der Waals surface area contributed by atoms with Crippen LogP contribution in [0.5, 0.6) is 0 Å². The Morgan fingerprint density at radius 2 is 2.00 bits per heavy atom. The van der Waals surface area contributed by atoms with Gasteiger partial charge in [0.25, 0.3) is 0 Å². The molecule has 1 heteroatoms. The third-order valence-electron chi connectivity index (χ3n) is 3.21. The van der Waals surface area contributed by atoms with Gasteiger partial charge < -0.3 is 4.79 Å². The fourth-order valence-electron chi connectivity index (χ4n) is 1.91. The van der Waals surface area contributed by atoms with Crippen LogP contribution in [-0.2, 0) is 4.79 Å². The van der Waals surface area contributed by atoms with Crippen LogP contribution in [0.1, 0.15) is 40.0 Å². The van der Waals surface area contributed by atoms with Gasteiger partial charge in [0, 0.05) is 5.92 Å². The Morgan fingerprint density at radius 3 is 2.46 bits per heavy atom. The molecule has 0 aromatic rings. The van der Waals surface area contributed by atoms with Gasteiger partial charge in [-0.1, -0.05) is 45.8 Å². The molecule has 13 heavy (non-hydrogen) atoms. The Hall–Kier alpha value is -0.590. The molecule has 1 rings (SSSR count).